The highest BCUT2D eigenvalue weighted by Crippen LogP contribution is 2.22. The summed E-state index contributed by atoms with van der Waals surface area (Å²) in [6.45, 7) is 0.131. The number of hydrogen-bond donors (Lipinski definition) is 0. The molecule has 0 aliphatic carbocycles. The van der Waals surface area contributed by atoms with Crippen LogP contribution in [0.4, 0.5) is 10.1 Å². The second-order valence-electron chi connectivity index (χ2n) is 4.38. The number of likely N-dealkylation sites (N-methyl/N-ethyl adjacent to an activating group) is 1. The van der Waals surface area contributed by atoms with Crippen LogP contribution in [-0.4, -0.2) is 19.4 Å². The van der Waals surface area contributed by atoms with Crippen molar-refractivity contribution in [2.75, 3.05) is 18.5 Å². The molecule has 0 radical (unpaired) electrons. The lowest BCUT2D eigenvalue weighted by Crippen LogP contribution is -2.25. The Bertz CT molecular complexity index is 628. The topological polar surface area (TPSA) is 20.3 Å². The van der Waals surface area contributed by atoms with Crippen molar-refractivity contribution in [2.45, 2.75) is 0 Å². The number of Topliss-reactive ketones (excluding diaryl/α,β-unsaturated/α-hetero) is 1. The van der Waals surface area contributed by atoms with Crippen molar-refractivity contribution in [1.29, 1.82) is 0 Å². The van der Waals surface area contributed by atoms with Gasteiger partial charge >= 0.3 is 0 Å². The first-order valence-electron chi connectivity index (χ1n) is 5.92. The van der Waals surface area contributed by atoms with Gasteiger partial charge in [0.2, 0.25) is 0 Å². The number of ketones is 1. The molecule has 0 bridgehead atoms. The van der Waals surface area contributed by atoms with Crippen molar-refractivity contribution in [3.8, 4) is 0 Å². The lowest BCUT2D eigenvalue weighted by molar-refractivity contribution is 0.100. The number of nitrogens with zero attached hydrogens (tertiary/aromatic N) is 1. The first-order valence-corrected chi connectivity index (χ1v) is 6.68. The fraction of sp³-hybridized carbons (Fsp3) is 0.133. The molecule has 0 heterocycles. The highest BCUT2D eigenvalue weighted by Gasteiger charge is 2.14. The Kier molecular flexibility index (Phi) is 4.63. The smallest absolute Gasteiger partial charge is 0.183 e. The number of carbonyl (C=O) groups excluding carboxylic acids is 1. The molecule has 20 heavy (non-hydrogen) atoms. The van der Waals surface area contributed by atoms with Crippen LogP contribution in [0.25, 0.3) is 0 Å². The molecule has 2 nitrogen and oxygen atoms in total. The van der Waals surface area contributed by atoms with Crippen LogP contribution in [-0.2, 0) is 0 Å². The van der Waals surface area contributed by atoms with Crippen LogP contribution < -0.4 is 4.90 Å². The molecule has 0 atom stereocenters. The summed E-state index contributed by atoms with van der Waals surface area (Å²) < 4.78 is 12.9. The lowest BCUT2D eigenvalue weighted by Gasteiger charge is -2.18. The van der Waals surface area contributed by atoms with Gasteiger partial charge in [-0.3, -0.25) is 4.79 Å². The van der Waals surface area contributed by atoms with Gasteiger partial charge in [0, 0.05) is 23.3 Å². The number of carbonyl (C=O) groups is 1. The van der Waals surface area contributed by atoms with E-state index in [4.69, 9.17) is 23.2 Å². The van der Waals surface area contributed by atoms with E-state index in [-0.39, 0.29) is 18.1 Å². The Hall–Kier alpha value is -1.58. The predicted molar refractivity (Wildman–Crippen MR) is 80.5 cm³/mol. The highest BCUT2D eigenvalue weighted by molar-refractivity contribution is 6.36. The van der Waals surface area contributed by atoms with Crippen LogP contribution in [0.2, 0.25) is 10.0 Å². The molecular formula is C15H12Cl2FNO. The van der Waals surface area contributed by atoms with Crippen molar-refractivity contribution in [1.82, 2.24) is 0 Å². The van der Waals surface area contributed by atoms with Gasteiger partial charge in [-0.1, -0.05) is 23.2 Å². The Labute approximate surface area is 126 Å². The van der Waals surface area contributed by atoms with Crippen LogP contribution in [0, 0.1) is 5.82 Å². The quantitative estimate of drug-likeness (QED) is 0.777. The van der Waals surface area contributed by atoms with Gasteiger partial charge in [0.1, 0.15) is 5.82 Å². The van der Waals surface area contributed by atoms with Gasteiger partial charge < -0.3 is 4.90 Å². The average Bonchev–Trinajstić information content (AvgIpc) is 2.42. The SMILES string of the molecule is CN(CC(=O)c1cc(Cl)ccc1Cl)c1ccc(F)cc1. The van der Waals surface area contributed by atoms with Crippen molar-refractivity contribution in [3.63, 3.8) is 0 Å². The van der Waals surface area contributed by atoms with E-state index >= 15 is 0 Å². The maximum absolute atomic E-state index is 12.9. The van der Waals surface area contributed by atoms with E-state index in [9.17, 15) is 9.18 Å². The Morgan fingerprint density at radius 3 is 2.45 bits per heavy atom. The number of benzene rings is 2. The number of anilines is 1. The highest BCUT2D eigenvalue weighted by atomic mass is 35.5. The van der Waals surface area contributed by atoms with Gasteiger partial charge in [0.15, 0.2) is 5.78 Å². The van der Waals surface area contributed by atoms with Gasteiger partial charge in [-0.15, -0.1) is 0 Å². The minimum atomic E-state index is -0.314. The molecule has 0 unspecified atom stereocenters. The molecule has 2 aromatic carbocycles. The molecule has 0 spiro atoms. The molecule has 0 aromatic heterocycles. The summed E-state index contributed by atoms with van der Waals surface area (Å²) >= 11 is 11.9. The van der Waals surface area contributed by atoms with Gasteiger partial charge in [-0.25, -0.2) is 4.39 Å². The number of halogens is 3. The molecular weight excluding hydrogens is 300 g/mol. The Balaban J connectivity index is 2.15. The monoisotopic (exact) mass is 311 g/mol. The zero-order valence-corrected chi connectivity index (χ0v) is 12.2. The van der Waals surface area contributed by atoms with Gasteiger partial charge in [-0.2, -0.15) is 0 Å². The molecule has 5 heteroatoms. The van der Waals surface area contributed by atoms with Crippen LogP contribution in [0.15, 0.2) is 42.5 Å². The second-order valence-corrected chi connectivity index (χ2v) is 5.22. The second kappa shape index (κ2) is 6.25. The van der Waals surface area contributed by atoms with Crippen LogP contribution in [0.1, 0.15) is 10.4 Å². The van der Waals surface area contributed by atoms with Crippen molar-refractivity contribution in [2.24, 2.45) is 0 Å². The zero-order chi connectivity index (χ0) is 14.7. The normalized spacial score (nSPS) is 10.4. The van der Waals surface area contributed by atoms with Crippen LogP contribution >= 0.6 is 23.2 Å². The standard InChI is InChI=1S/C15H12Cl2FNO/c1-19(12-5-3-11(18)4-6-12)9-15(20)13-8-10(16)2-7-14(13)17/h2-8H,9H2,1H3. The summed E-state index contributed by atoms with van der Waals surface area (Å²) in [5, 5.41) is 0.828. The summed E-state index contributed by atoms with van der Waals surface area (Å²) in [5.41, 5.74) is 1.13. The van der Waals surface area contributed by atoms with Gasteiger partial charge in [0.25, 0.3) is 0 Å². The number of hydrogen-bond acceptors (Lipinski definition) is 2. The average molecular weight is 312 g/mol. The molecule has 0 saturated heterocycles. The summed E-state index contributed by atoms with van der Waals surface area (Å²) in [5.74, 6) is -0.462. The minimum absolute atomic E-state index is 0.131. The first kappa shape index (κ1) is 14.8. The van der Waals surface area contributed by atoms with E-state index < -0.39 is 0 Å². The molecule has 2 rings (SSSR count). The molecule has 104 valence electrons. The molecule has 0 aliphatic rings. The van der Waals surface area contributed by atoms with E-state index in [2.05, 4.69) is 0 Å². The molecule has 0 fully saturated rings. The molecule has 0 aliphatic heterocycles. The van der Waals surface area contributed by atoms with E-state index in [0.717, 1.165) is 5.69 Å². The predicted octanol–water partition coefficient (Wildman–Crippen LogP) is 4.45. The third kappa shape index (κ3) is 3.50. The van der Waals surface area contributed by atoms with Gasteiger partial charge in [-0.05, 0) is 42.5 Å². The number of rotatable bonds is 4. The van der Waals surface area contributed by atoms with Gasteiger partial charge in [0.05, 0.1) is 11.6 Å². The lowest BCUT2D eigenvalue weighted by atomic mass is 10.1. The fourth-order valence-electron chi connectivity index (χ4n) is 1.80. The third-order valence-electron chi connectivity index (χ3n) is 2.88. The summed E-state index contributed by atoms with van der Waals surface area (Å²) in [6, 6.07) is 10.7. The molecule has 2 aromatic rings. The molecule has 0 N–H and O–H groups in total. The van der Waals surface area contributed by atoms with E-state index in [0.29, 0.717) is 15.6 Å². The van der Waals surface area contributed by atoms with E-state index in [1.807, 2.05) is 0 Å². The zero-order valence-electron chi connectivity index (χ0n) is 10.7. The Morgan fingerprint density at radius 2 is 1.80 bits per heavy atom. The Morgan fingerprint density at radius 1 is 1.15 bits per heavy atom. The third-order valence-corrected chi connectivity index (χ3v) is 3.44. The van der Waals surface area contributed by atoms with Crippen LogP contribution in [0.5, 0.6) is 0 Å². The van der Waals surface area contributed by atoms with E-state index in [1.165, 1.54) is 12.1 Å². The first-order chi connectivity index (χ1) is 9.47. The summed E-state index contributed by atoms with van der Waals surface area (Å²) in [6.07, 6.45) is 0. The van der Waals surface area contributed by atoms with Crippen molar-refractivity contribution < 1.29 is 9.18 Å². The molecule has 0 saturated carbocycles. The van der Waals surface area contributed by atoms with E-state index in [1.54, 1.807) is 42.3 Å². The van der Waals surface area contributed by atoms with Crippen molar-refractivity contribution in [3.05, 3.63) is 63.9 Å². The maximum atomic E-state index is 12.9. The minimum Gasteiger partial charge on any atom is -0.367 e. The molecule has 0 amide bonds. The summed E-state index contributed by atoms with van der Waals surface area (Å²) in [4.78, 5) is 13.9. The maximum Gasteiger partial charge on any atom is 0.183 e. The van der Waals surface area contributed by atoms with Crippen molar-refractivity contribution >= 4 is 34.7 Å². The van der Waals surface area contributed by atoms with Crippen LogP contribution in [0.3, 0.4) is 0 Å². The fourth-order valence-corrected chi connectivity index (χ4v) is 2.19. The summed E-state index contributed by atoms with van der Waals surface area (Å²) in [7, 11) is 1.75. The largest absolute Gasteiger partial charge is 0.367 e.